The summed E-state index contributed by atoms with van der Waals surface area (Å²) in [5, 5.41) is 0.980. The molecule has 27 heavy (non-hydrogen) atoms. The number of rotatable bonds is 4. The third kappa shape index (κ3) is 4.30. The highest BCUT2D eigenvalue weighted by Crippen LogP contribution is 2.24. The number of amides is 1. The maximum Gasteiger partial charge on any atom is 0.240 e. The fourth-order valence-corrected chi connectivity index (χ4v) is 4.79. The molecule has 0 aliphatic carbocycles. The van der Waals surface area contributed by atoms with Crippen LogP contribution in [0.4, 0.5) is 5.13 Å². The van der Waals surface area contributed by atoms with E-state index >= 15 is 0 Å². The highest BCUT2D eigenvalue weighted by atomic mass is 32.1. The maximum atomic E-state index is 13.2. The minimum Gasteiger partial charge on any atom is -0.345 e. The third-order valence-electron chi connectivity index (χ3n) is 5.47. The summed E-state index contributed by atoms with van der Waals surface area (Å²) in [6.07, 6.45) is 3.06. The van der Waals surface area contributed by atoms with Gasteiger partial charge in [0.2, 0.25) is 11.0 Å². The minimum absolute atomic E-state index is 0.0283. The molecule has 2 aromatic rings. The number of hydrogen-bond donors (Lipinski definition) is 0. The summed E-state index contributed by atoms with van der Waals surface area (Å²) in [5.74, 6) is 1.13. The Morgan fingerprint density at radius 3 is 2.74 bits per heavy atom. The Labute approximate surface area is 165 Å². The van der Waals surface area contributed by atoms with Gasteiger partial charge in [-0.15, -0.1) is 0 Å². The third-order valence-corrected chi connectivity index (χ3v) is 6.34. The Bertz CT molecular complexity index is 765. The van der Waals surface area contributed by atoms with Crippen molar-refractivity contribution in [2.75, 3.05) is 37.6 Å². The molecular formula is C20H27N5OS. The predicted molar refractivity (Wildman–Crippen MR) is 108 cm³/mol. The molecule has 1 aromatic carbocycles. The highest BCUT2D eigenvalue weighted by Gasteiger charge is 2.34. The predicted octanol–water partition coefficient (Wildman–Crippen LogP) is 2.55. The first-order chi connectivity index (χ1) is 13.2. The summed E-state index contributed by atoms with van der Waals surface area (Å²) in [6.45, 7) is 7.18. The molecular weight excluding hydrogens is 358 g/mol. The molecule has 2 aliphatic heterocycles. The van der Waals surface area contributed by atoms with Crippen LogP contribution in [0.25, 0.3) is 0 Å². The van der Waals surface area contributed by atoms with Crippen LogP contribution < -0.4 is 4.90 Å². The molecule has 144 valence electrons. The van der Waals surface area contributed by atoms with Crippen LogP contribution in [0.15, 0.2) is 30.3 Å². The second kappa shape index (κ2) is 8.35. The molecule has 2 fully saturated rings. The number of benzene rings is 1. The van der Waals surface area contributed by atoms with E-state index in [0.717, 1.165) is 69.5 Å². The van der Waals surface area contributed by atoms with Gasteiger partial charge in [0.25, 0.3) is 0 Å². The molecule has 2 aliphatic rings. The van der Waals surface area contributed by atoms with E-state index in [1.54, 1.807) is 0 Å². The Kier molecular flexibility index (Phi) is 5.69. The molecule has 0 saturated carbocycles. The van der Waals surface area contributed by atoms with Crippen molar-refractivity contribution in [3.63, 3.8) is 0 Å². The van der Waals surface area contributed by atoms with Crippen LogP contribution in [0, 0.1) is 6.92 Å². The first kappa shape index (κ1) is 18.4. The van der Waals surface area contributed by atoms with Gasteiger partial charge in [-0.1, -0.05) is 30.3 Å². The van der Waals surface area contributed by atoms with Crippen LogP contribution in [0.5, 0.6) is 0 Å². The van der Waals surface area contributed by atoms with Gasteiger partial charge in [0.1, 0.15) is 5.82 Å². The van der Waals surface area contributed by atoms with Crippen LogP contribution in [0.2, 0.25) is 0 Å². The van der Waals surface area contributed by atoms with Gasteiger partial charge in [-0.25, -0.2) is 4.98 Å². The summed E-state index contributed by atoms with van der Waals surface area (Å²) in [5.41, 5.74) is 1.28. The standard InChI is InChI=1S/C20H27N5OS/c1-16-21-20(27-22-16)24-12-6-11-23(13-14-24)19(26)18-9-5-10-25(18)15-17-7-3-2-4-8-17/h2-4,7-8,18H,5-6,9-15H2,1H3. The first-order valence-electron chi connectivity index (χ1n) is 9.83. The van der Waals surface area contributed by atoms with Gasteiger partial charge in [0, 0.05) is 44.3 Å². The van der Waals surface area contributed by atoms with E-state index < -0.39 is 0 Å². The molecule has 1 amide bonds. The number of carbonyl (C=O) groups is 1. The normalized spacial score (nSPS) is 21.4. The topological polar surface area (TPSA) is 52.6 Å². The second-order valence-corrected chi connectivity index (χ2v) is 8.13. The van der Waals surface area contributed by atoms with Gasteiger partial charge < -0.3 is 9.80 Å². The minimum atomic E-state index is 0.0283. The van der Waals surface area contributed by atoms with E-state index in [2.05, 4.69) is 48.3 Å². The zero-order chi connectivity index (χ0) is 18.6. The van der Waals surface area contributed by atoms with Crippen molar-refractivity contribution in [3.05, 3.63) is 41.7 Å². The van der Waals surface area contributed by atoms with Gasteiger partial charge >= 0.3 is 0 Å². The Balaban J connectivity index is 1.38. The van der Waals surface area contributed by atoms with Crippen molar-refractivity contribution < 1.29 is 4.79 Å². The lowest BCUT2D eigenvalue weighted by molar-refractivity contribution is -0.135. The quantitative estimate of drug-likeness (QED) is 0.810. The van der Waals surface area contributed by atoms with Crippen molar-refractivity contribution in [3.8, 4) is 0 Å². The average Bonchev–Trinajstić information content (AvgIpc) is 3.24. The zero-order valence-electron chi connectivity index (χ0n) is 15.9. The van der Waals surface area contributed by atoms with E-state index in [4.69, 9.17) is 0 Å². The zero-order valence-corrected chi connectivity index (χ0v) is 16.7. The molecule has 0 bridgehead atoms. The number of nitrogens with zero attached hydrogens (tertiary/aromatic N) is 5. The van der Waals surface area contributed by atoms with Crippen LogP contribution in [0.1, 0.15) is 30.7 Å². The number of anilines is 1. The molecule has 6 nitrogen and oxygen atoms in total. The number of aryl methyl sites for hydroxylation is 1. The van der Waals surface area contributed by atoms with Crippen molar-refractivity contribution in [2.45, 2.75) is 38.8 Å². The van der Waals surface area contributed by atoms with E-state index in [-0.39, 0.29) is 6.04 Å². The van der Waals surface area contributed by atoms with E-state index in [1.165, 1.54) is 17.1 Å². The van der Waals surface area contributed by atoms with E-state index in [0.29, 0.717) is 5.91 Å². The molecule has 0 radical (unpaired) electrons. The lowest BCUT2D eigenvalue weighted by Gasteiger charge is -2.29. The van der Waals surface area contributed by atoms with Crippen molar-refractivity contribution in [1.29, 1.82) is 0 Å². The van der Waals surface area contributed by atoms with Crippen molar-refractivity contribution >= 4 is 22.6 Å². The number of hydrogen-bond acceptors (Lipinski definition) is 6. The molecule has 0 N–H and O–H groups in total. The van der Waals surface area contributed by atoms with E-state index in [1.807, 2.05) is 13.0 Å². The second-order valence-electron chi connectivity index (χ2n) is 7.40. The fraction of sp³-hybridized carbons (Fsp3) is 0.550. The molecule has 7 heteroatoms. The summed E-state index contributed by atoms with van der Waals surface area (Å²) in [6, 6.07) is 10.5. The van der Waals surface area contributed by atoms with Crippen molar-refractivity contribution in [2.24, 2.45) is 0 Å². The summed E-state index contributed by atoms with van der Waals surface area (Å²) in [4.78, 5) is 24.4. The lowest BCUT2D eigenvalue weighted by Crippen LogP contribution is -2.46. The summed E-state index contributed by atoms with van der Waals surface area (Å²) < 4.78 is 4.29. The van der Waals surface area contributed by atoms with Crippen molar-refractivity contribution in [1.82, 2.24) is 19.2 Å². The SMILES string of the molecule is Cc1nsc(N2CCCN(C(=O)C3CCCN3Cc3ccccc3)CC2)n1. The maximum absolute atomic E-state index is 13.2. The fourth-order valence-electron chi connectivity index (χ4n) is 4.07. The summed E-state index contributed by atoms with van der Waals surface area (Å²) >= 11 is 1.46. The Morgan fingerprint density at radius 2 is 1.96 bits per heavy atom. The smallest absolute Gasteiger partial charge is 0.240 e. The van der Waals surface area contributed by atoms with Gasteiger partial charge in [0.15, 0.2) is 0 Å². The Morgan fingerprint density at radius 1 is 1.11 bits per heavy atom. The molecule has 1 atom stereocenters. The van der Waals surface area contributed by atoms with Gasteiger partial charge in [-0.3, -0.25) is 9.69 Å². The highest BCUT2D eigenvalue weighted by molar-refractivity contribution is 7.09. The van der Waals surface area contributed by atoms with Crippen LogP contribution in [0.3, 0.4) is 0 Å². The number of likely N-dealkylation sites (tertiary alicyclic amines) is 1. The molecule has 0 spiro atoms. The Hall–Kier alpha value is -1.99. The largest absolute Gasteiger partial charge is 0.345 e. The molecule has 3 heterocycles. The monoisotopic (exact) mass is 385 g/mol. The lowest BCUT2D eigenvalue weighted by atomic mass is 10.1. The van der Waals surface area contributed by atoms with Gasteiger partial charge in [-0.2, -0.15) is 4.37 Å². The molecule has 2 saturated heterocycles. The average molecular weight is 386 g/mol. The molecule has 4 rings (SSSR count). The van der Waals surface area contributed by atoms with Crippen LogP contribution in [-0.4, -0.2) is 63.8 Å². The van der Waals surface area contributed by atoms with Crippen LogP contribution in [-0.2, 0) is 11.3 Å². The number of carbonyl (C=O) groups excluding carboxylic acids is 1. The van der Waals surface area contributed by atoms with E-state index in [9.17, 15) is 4.79 Å². The first-order valence-corrected chi connectivity index (χ1v) is 10.6. The van der Waals surface area contributed by atoms with Crippen LogP contribution >= 0.6 is 11.5 Å². The number of aromatic nitrogens is 2. The molecule has 1 aromatic heterocycles. The van der Waals surface area contributed by atoms with Gasteiger partial charge in [-0.05, 0) is 38.3 Å². The molecule has 1 unspecified atom stereocenters. The van der Waals surface area contributed by atoms with Gasteiger partial charge in [0.05, 0.1) is 6.04 Å². The summed E-state index contributed by atoms with van der Waals surface area (Å²) in [7, 11) is 0.